The van der Waals surface area contributed by atoms with Crippen molar-refractivity contribution in [2.75, 3.05) is 6.61 Å². The van der Waals surface area contributed by atoms with Crippen molar-refractivity contribution in [2.45, 2.75) is 20.0 Å². The normalized spacial score (nSPS) is 10.1. The molecule has 0 aromatic heterocycles. The van der Waals surface area contributed by atoms with Gasteiger partial charge in [-0.2, -0.15) is 0 Å². The Morgan fingerprint density at radius 3 is 2.36 bits per heavy atom. The molecule has 2 nitrogen and oxygen atoms in total. The van der Waals surface area contributed by atoms with E-state index >= 15 is 0 Å². The van der Waals surface area contributed by atoms with Gasteiger partial charge in [0.2, 0.25) is 5.24 Å². The third kappa shape index (κ3) is 3.90. The van der Waals surface area contributed by atoms with Gasteiger partial charge >= 0.3 is 0 Å². The molecule has 0 radical (unpaired) electrons. The molecule has 0 bridgehead atoms. The number of halogens is 1. The monoisotopic (exact) mass is 212 g/mol. The van der Waals surface area contributed by atoms with Gasteiger partial charge < -0.3 is 4.74 Å². The minimum absolute atomic E-state index is 0.288. The van der Waals surface area contributed by atoms with Crippen LogP contribution in [0.4, 0.5) is 0 Å². The molecular formula is C11H13ClO2. The molecule has 0 aliphatic carbocycles. The van der Waals surface area contributed by atoms with E-state index in [1.807, 2.05) is 31.2 Å². The number of hydrogen-bond donors (Lipinski definition) is 0. The van der Waals surface area contributed by atoms with E-state index in [2.05, 4.69) is 0 Å². The lowest BCUT2D eigenvalue weighted by atomic mass is 10.1. The van der Waals surface area contributed by atoms with E-state index in [1.165, 1.54) is 0 Å². The van der Waals surface area contributed by atoms with E-state index in [0.717, 1.165) is 11.1 Å². The highest BCUT2D eigenvalue weighted by Crippen LogP contribution is 2.07. The summed E-state index contributed by atoms with van der Waals surface area (Å²) in [5.41, 5.74) is 2.04. The Labute approximate surface area is 88.8 Å². The summed E-state index contributed by atoms with van der Waals surface area (Å²) in [5.74, 6) is 0. The van der Waals surface area contributed by atoms with Gasteiger partial charge in [0.25, 0.3) is 0 Å². The first-order valence-corrected chi connectivity index (χ1v) is 4.94. The van der Waals surface area contributed by atoms with Gasteiger partial charge in [-0.05, 0) is 29.7 Å². The Balaban J connectivity index is 2.54. The molecule has 0 saturated heterocycles. The van der Waals surface area contributed by atoms with Crippen molar-refractivity contribution in [3.63, 3.8) is 0 Å². The van der Waals surface area contributed by atoms with E-state index in [4.69, 9.17) is 16.3 Å². The average Bonchev–Trinajstić information content (AvgIpc) is 2.16. The van der Waals surface area contributed by atoms with Gasteiger partial charge in [-0.25, -0.2) is 0 Å². The second-order valence-corrected chi connectivity index (χ2v) is 3.41. The first kappa shape index (κ1) is 11.2. The summed E-state index contributed by atoms with van der Waals surface area (Å²) in [5, 5.41) is -0.331. The minimum atomic E-state index is -0.331. The van der Waals surface area contributed by atoms with Gasteiger partial charge in [-0.15, -0.1) is 0 Å². The third-order valence-corrected chi connectivity index (χ3v) is 1.97. The molecule has 0 N–H and O–H groups in total. The van der Waals surface area contributed by atoms with Crippen molar-refractivity contribution in [3.05, 3.63) is 35.4 Å². The zero-order chi connectivity index (χ0) is 10.4. The zero-order valence-electron chi connectivity index (χ0n) is 8.13. The summed E-state index contributed by atoms with van der Waals surface area (Å²) in [6.07, 6.45) is 0.288. The second-order valence-electron chi connectivity index (χ2n) is 2.99. The molecular weight excluding hydrogens is 200 g/mol. The Kier molecular flexibility index (Phi) is 4.63. The standard InChI is InChI=1S/C11H13ClO2/c1-2-14-8-10-5-3-9(4-6-10)7-11(12)13/h3-6H,2,7-8H2,1H3. The lowest BCUT2D eigenvalue weighted by Crippen LogP contribution is -1.95. The summed E-state index contributed by atoms with van der Waals surface area (Å²) in [7, 11) is 0. The molecule has 0 saturated carbocycles. The average molecular weight is 213 g/mol. The number of rotatable bonds is 5. The van der Waals surface area contributed by atoms with E-state index in [-0.39, 0.29) is 11.7 Å². The molecule has 76 valence electrons. The van der Waals surface area contributed by atoms with Crippen molar-refractivity contribution >= 4 is 16.8 Å². The molecule has 0 fully saturated rings. The number of carbonyl (C=O) groups excluding carboxylic acids is 1. The van der Waals surface area contributed by atoms with Gasteiger partial charge in [0.15, 0.2) is 0 Å². The lowest BCUT2D eigenvalue weighted by Gasteiger charge is -2.02. The van der Waals surface area contributed by atoms with Crippen LogP contribution in [0.25, 0.3) is 0 Å². The fraction of sp³-hybridized carbons (Fsp3) is 0.364. The first-order chi connectivity index (χ1) is 6.72. The number of carbonyl (C=O) groups is 1. The van der Waals surface area contributed by atoms with Crippen LogP contribution in [0.1, 0.15) is 18.1 Å². The molecule has 3 heteroatoms. The van der Waals surface area contributed by atoms with Gasteiger partial charge in [-0.1, -0.05) is 24.3 Å². The lowest BCUT2D eigenvalue weighted by molar-refractivity contribution is -0.111. The molecule has 0 heterocycles. The Bertz CT molecular complexity index is 293. The number of ether oxygens (including phenoxy) is 1. The molecule has 0 aliphatic rings. The summed E-state index contributed by atoms with van der Waals surface area (Å²) < 4.78 is 5.25. The van der Waals surface area contributed by atoms with E-state index in [9.17, 15) is 4.79 Å². The predicted octanol–water partition coefficient (Wildman–Crippen LogP) is 2.53. The molecule has 1 aromatic rings. The Morgan fingerprint density at radius 1 is 1.29 bits per heavy atom. The first-order valence-electron chi connectivity index (χ1n) is 4.56. The highest BCUT2D eigenvalue weighted by Gasteiger charge is 1.99. The van der Waals surface area contributed by atoms with Crippen LogP contribution in [0.15, 0.2) is 24.3 Å². The maximum absolute atomic E-state index is 10.6. The van der Waals surface area contributed by atoms with E-state index in [1.54, 1.807) is 0 Å². The highest BCUT2D eigenvalue weighted by molar-refractivity contribution is 6.63. The second kappa shape index (κ2) is 5.78. The van der Waals surface area contributed by atoms with Gasteiger partial charge in [0, 0.05) is 13.0 Å². The molecule has 14 heavy (non-hydrogen) atoms. The zero-order valence-corrected chi connectivity index (χ0v) is 8.88. The van der Waals surface area contributed by atoms with Crippen molar-refractivity contribution in [3.8, 4) is 0 Å². The Morgan fingerprint density at radius 2 is 1.86 bits per heavy atom. The van der Waals surface area contributed by atoms with Crippen LogP contribution in [0.2, 0.25) is 0 Å². The fourth-order valence-electron chi connectivity index (χ4n) is 1.13. The van der Waals surface area contributed by atoms with Gasteiger partial charge in [-0.3, -0.25) is 4.79 Å². The Hall–Kier alpha value is -0.860. The van der Waals surface area contributed by atoms with Crippen LogP contribution < -0.4 is 0 Å². The summed E-state index contributed by atoms with van der Waals surface area (Å²) in [6.45, 7) is 3.29. The maximum Gasteiger partial charge on any atom is 0.226 e. The van der Waals surface area contributed by atoms with Crippen molar-refractivity contribution in [2.24, 2.45) is 0 Å². The summed E-state index contributed by atoms with van der Waals surface area (Å²) in [6, 6.07) is 7.69. The molecule has 0 atom stereocenters. The summed E-state index contributed by atoms with van der Waals surface area (Å²) >= 11 is 5.27. The van der Waals surface area contributed by atoms with Crippen LogP contribution in [-0.2, 0) is 22.6 Å². The highest BCUT2D eigenvalue weighted by atomic mass is 35.5. The van der Waals surface area contributed by atoms with Gasteiger partial charge in [0.05, 0.1) is 6.61 Å². The van der Waals surface area contributed by atoms with Crippen LogP contribution in [-0.4, -0.2) is 11.8 Å². The third-order valence-electron chi connectivity index (χ3n) is 1.84. The van der Waals surface area contributed by atoms with Crippen LogP contribution >= 0.6 is 11.6 Å². The number of benzene rings is 1. The molecule has 0 aliphatic heterocycles. The van der Waals surface area contributed by atoms with Crippen LogP contribution in [0, 0.1) is 0 Å². The summed E-state index contributed by atoms with van der Waals surface area (Å²) in [4.78, 5) is 10.6. The van der Waals surface area contributed by atoms with Crippen molar-refractivity contribution < 1.29 is 9.53 Å². The number of hydrogen-bond acceptors (Lipinski definition) is 2. The van der Waals surface area contributed by atoms with Crippen molar-refractivity contribution in [1.29, 1.82) is 0 Å². The molecule has 0 amide bonds. The SMILES string of the molecule is CCOCc1ccc(CC(=O)Cl)cc1. The van der Waals surface area contributed by atoms with Gasteiger partial charge in [0.1, 0.15) is 0 Å². The smallest absolute Gasteiger partial charge is 0.226 e. The van der Waals surface area contributed by atoms with Crippen LogP contribution in [0.5, 0.6) is 0 Å². The fourth-order valence-corrected chi connectivity index (χ4v) is 1.29. The van der Waals surface area contributed by atoms with Crippen molar-refractivity contribution in [1.82, 2.24) is 0 Å². The largest absolute Gasteiger partial charge is 0.377 e. The van der Waals surface area contributed by atoms with E-state index in [0.29, 0.717) is 13.2 Å². The molecule has 1 aromatic carbocycles. The minimum Gasteiger partial charge on any atom is -0.377 e. The topological polar surface area (TPSA) is 26.3 Å². The molecule has 0 unspecified atom stereocenters. The quantitative estimate of drug-likeness (QED) is 0.702. The van der Waals surface area contributed by atoms with E-state index < -0.39 is 0 Å². The van der Waals surface area contributed by atoms with Crippen LogP contribution in [0.3, 0.4) is 0 Å². The predicted molar refractivity (Wildman–Crippen MR) is 56.3 cm³/mol. The molecule has 0 spiro atoms. The maximum atomic E-state index is 10.6. The molecule has 1 rings (SSSR count).